The van der Waals surface area contributed by atoms with E-state index in [1.54, 1.807) is 6.08 Å². The zero-order chi connectivity index (χ0) is 20.0. The minimum atomic E-state index is -1.01. The Balaban J connectivity index is 4.26. The van der Waals surface area contributed by atoms with Crippen LogP contribution in [0.1, 0.15) is 51.9 Å². The van der Waals surface area contributed by atoms with E-state index in [0.29, 0.717) is 11.0 Å². The minimum absolute atomic E-state index is 0.186. The molecule has 6 nitrogen and oxygen atoms in total. The summed E-state index contributed by atoms with van der Waals surface area (Å²) in [5.74, 6) is -1.61. The molecule has 0 aliphatic rings. The SMILES string of the molecule is CCCCCC/C=C/C=C/C(O)CC(=O)OC(CC(=O)O)C[N+](C)(C)C. The number of carbonyl (C=O) groups excluding carboxylic acids is 1. The third-order valence-corrected chi connectivity index (χ3v) is 3.63. The van der Waals surface area contributed by atoms with Crippen LogP contribution in [0.4, 0.5) is 0 Å². The molecular formula is C20H36NO5+. The van der Waals surface area contributed by atoms with Crippen molar-refractivity contribution in [3.8, 4) is 0 Å². The monoisotopic (exact) mass is 370 g/mol. The van der Waals surface area contributed by atoms with Crippen molar-refractivity contribution in [1.82, 2.24) is 0 Å². The number of carboxylic acids is 1. The van der Waals surface area contributed by atoms with Crippen LogP contribution < -0.4 is 0 Å². The molecule has 6 heteroatoms. The molecule has 2 atom stereocenters. The summed E-state index contributed by atoms with van der Waals surface area (Å²) in [6.07, 6.45) is 10.9. The number of esters is 1. The number of aliphatic hydroxyl groups excluding tert-OH is 1. The number of ether oxygens (including phenoxy) is 1. The first-order chi connectivity index (χ1) is 12.1. The lowest BCUT2D eigenvalue weighted by molar-refractivity contribution is -0.873. The largest absolute Gasteiger partial charge is 0.481 e. The Hall–Kier alpha value is -1.66. The summed E-state index contributed by atoms with van der Waals surface area (Å²) in [5, 5.41) is 18.8. The number of unbranched alkanes of at least 4 members (excludes halogenated alkanes) is 4. The zero-order valence-corrected chi connectivity index (χ0v) is 16.7. The van der Waals surface area contributed by atoms with Gasteiger partial charge in [-0.2, -0.15) is 0 Å². The summed E-state index contributed by atoms with van der Waals surface area (Å²) in [7, 11) is 5.69. The molecule has 0 saturated carbocycles. The fourth-order valence-corrected chi connectivity index (χ4v) is 2.48. The first kappa shape index (κ1) is 24.3. The summed E-state index contributed by atoms with van der Waals surface area (Å²) < 4.78 is 5.73. The van der Waals surface area contributed by atoms with E-state index in [9.17, 15) is 14.7 Å². The molecular weight excluding hydrogens is 334 g/mol. The molecule has 150 valence electrons. The van der Waals surface area contributed by atoms with Gasteiger partial charge in [-0.3, -0.25) is 9.59 Å². The highest BCUT2D eigenvalue weighted by Crippen LogP contribution is 2.08. The van der Waals surface area contributed by atoms with Gasteiger partial charge in [-0.05, 0) is 12.8 Å². The number of quaternary nitrogens is 1. The Morgan fingerprint density at radius 2 is 1.77 bits per heavy atom. The number of aliphatic hydroxyl groups is 1. The molecule has 0 amide bonds. The van der Waals surface area contributed by atoms with Gasteiger partial charge in [0.05, 0.1) is 40.1 Å². The molecule has 0 aliphatic heterocycles. The highest BCUT2D eigenvalue weighted by Gasteiger charge is 2.25. The second-order valence-corrected chi connectivity index (χ2v) is 7.62. The van der Waals surface area contributed by atoms with E-state index in [-0.39, 0.29) is 12.8 Å². The van der Waals surface area contributed by atoms with Crippen molar-refractivity contribution in [3.63, 3.8) is 0 Å². The number of allylic oxidation sites excluding steroid dienone is 3. The van der Waals surface area contributed by atoms with Gasteiger partial charge in [-0.25, -0.2) is 0 Å². The fraction of sp³-hybridized carbons (Fsp3) is 0.700. The number of carbonyl (C=O) groups is 2. The number of likely N-dealkylation sites (N-methyl/N-ethyl adjacent to an activating group) is 1. The van der Waals surface area contributed by atoms with Gasteiger partial charge in [0.1, 0.15) is 6.54 Å². The first-order valence-electron chi connectivity index (χ1n) is 9.37. The molecule has 0 saturated heterocycles. The maximum Gasteiger partial charge on any atom is 0.309 e. The van der Waals surface area contributed by atoms with Crippen molar-refractivity contribution in [2.24, 2.45) is 0 Å². The Morgan fingerprint density at radius 3 is 2.35 bits per heavy atom. The molecule has 0 spiro atoms. The molecule has 2 unspecified atom stereocenters. The van der Waals surface area contributed by atoms with E-state index < -0.39 is 24.1 Å². The lowest BCUT2D eigenvalue weighted by Crippen LogP contribution is -2.44. The molecule has 0 radical (unpaired) electrons. The van der Waals surface area contributed by atoms with Crippen LogP contribution in [0, 0.1) is 0 Å². The summed E-state index contributed by atoms with van der Waals surface area (Å²) in [4.78, 5) is 22.9. The maximum atomic E-state index is 11.9. The molecule has 0 heterocycles. The summed E-state index contributed by atoms with van der Waals surface area (Å²) in [6, 6.07) is 0. The van der Waals surface area contributed by atoms with Crippen LogP contribution in [-0.2, 0) is 14.3 Å². The lowest BCUT2D eigenvalue weighted by atomic mass is 10.1. The number of nitrogens with zero attached hydrogens (tertiary/aromatic N) is 1. The zero-order valence-electron chi connectivity index (χ0n) is 16.7. The van der Waals surface area contributed by atoms with Gasteiger partial charge in [0, 0.05) is 0 Å². The van der Waals surface area contributed by atoms with Crippen molar-refractivity contribution < 1.29 is 29.0 Å². The van der Waals surface area contributed by atoms with E-state index >= 15 is 0 Å². The Morgan fingerprint density at radius 1 is 1.08 bits per heavy atom. The van der Waals surface area contributed by atoms with Crippen LogP contribution in [0.2, 0.25) is 0 Å². The van der Waals surface area contributed by atoms with Crippen molar-refractivity contribution >= 4 is 11.9 Å². The normalized spacial score (nSPS) is 14.7. The molecule has 0 rings (SSSR count). The second kappa shape index (κ2) is 13.5. The highest BCUT2D eigenvalue weighted by molar-refractivity contribution is 5.72. The third-order valence-electron chi connectivity index (χ3n) is 3.63. The van der Waals surface area contributed by atoms with Crippen molar-refractivity contribution in [2.75, 3.05) is 27.7 Å². The Kier molecular flexibility index (Phi) is 12.7. The Bertz CT molecular complexity index is 465. The Labute approximate surface area is 157 Å². The van der Waals surface area contributed by atoms with E-state index in [1.165, 1.54) is 25.3 Å². The van der Waals surface area contributed by atoms with Gasteiger partial charge in [0.15, 0.2) is 6.10 Å². The highest BCUT2D eigenvalue weighted by atomic mass is 16.5. The summed E-state index contributed by atoms with van der Waals surface area (Å²) in [5.41, 5.74) is 0. The van der Waals surface area contributed by atoms with E-state index in [2.05, 4.69) is 6.92 Å². The molecule has 0 fully saturated rings. The van der Waals surface area contributed by atoms with Crippen molar-refractivity contribution in [3.05, 3.63) is 24.3 Å². The third kappa shape index (κ3) is 15.8. The van der Waals surface area contributed by atoms with E-state index in [4.69, 9.17) is 9.84 Å². The predicted molar refractivity (Wildman–Crippen MR) is 103 cm³/mol. The summed E-state index contributed by atoms with van der Waals surface area (Å²) >= 11 is 0. The fourth-order valence-electron chi connectivity index (χ4n) is 2.48. The van der Waals surface area contributed by atoms with Crippen LogP contribution in [-0.4, -0.2) is 66.5 Å². The molecule has 26 heavy (non-hydrogen) atoms. The number of hydrogen-bond donors (Lipinski definition) is 2. The smallest absolute Gasteiger partial charge is 0.309 e. The quantitative estimate of drug-likeness (QED) is 0.213. The van der Waals surface area contributed by atoms with Gasteiger partial charge in [-0.1, -0.05) is 50.5 Å². The van der Waals surface area contributed by atoms with E-state index in [1.807, 2.05) is 33.3 Å². The molecule has 0 aromatic rings. The van der Waals surface area contributed by atoms with E-state index in [0.717, 1.165) is 12.8 Å². The standard InChI is InChI=1S/C20H35NO5/c1-5-6-7-8-9-10-11-12-13-17(22)14-20(25)26-18(15-19(23)24)16-21(2,3)4/h10-13,17-18,22H,5-9,14-16H2,1-4H3/p+1/b11-10+,13-12+. The van der Waals surface area contributed by atoms with Crippen LogP contribution >= 0.6 is 0 Å². The van der Waals surface area contributed by atoms with Crippen LogP contribution in [0.5, 0.6) is 0 Å². The van der Waals surface area contributed by atoms with Gasteiger partial charge in [-0.15, -0.1) is 0 Å². The van der Waals surface area contributed by atoms with Crippen molar-refractivity contribution in [1.29, 1.82) is 0 Å². The lowest BCUT2D eigenvalue weighted by Gasteiger charge is -2.28. The van der Waals surface area contributed by atoms with Gasteiger partial charge in [0.25, 0.3) is 0 Å². The molecule has 2 N–H and O–H groups in total. The van der Waals surface area contributed by atoms with Gasteiger partial charge < -0.3 is 19.4 Å². The maximum absolute atomic E-state index is 11.9. The average Bonchev–Trinajstić information content (AvgIpc) is 2.47. The summed E-state index contributed by atoms with van der Waals surface area (Å²) in [6.45, 7) is 2.57. The van der Waals surface area contributed by atoms with Gasteiger partial charge >= 0.3 is 11.9 Å². The minimum Gasteiger partial charge on any atom is -0.481 e. The average molecular weight is 371 g/mol. The van der Waals surface area contributed by atoms with Gasteiger partial charge in [0.2, 0.25) is 0 Å². The number of aliphatic carboxylic acids is 1. The molecule has 0 aromatic heterocycles. The number of hydrogen-bond acceptors (Lipinski definition) is 4. The molecule has 0 aromatic carbocycles. The topological polar surface area (TPSA) is 83.8 Å². The number of rotatable bonds is 14. The van der Waals surface area contributed by atoms with Crippen molar-refractivity contribution in [2.45, 2.75) is 64.1 Å². The van der Waals surface area contributed by atoms with Crippen LogP contribution in [0.25, 0.3) is 0 Å². The molecule has 0 bridgehead atoms. The predicted octanol–water partition coefficient (Wildman–Crippen LogP) is 2.91. The van der Waals surface area contributed by atoms with Crippen LogP contribution in [0.3, 0.4) is 0 Å². The first-order valence-corrected chi connectivity index (χ1v) is 9.37. The van der Waals surface area contributed by atoms with Crippen LogP contribution in [0.15, 0.2) is 24.3 Å². The second-order valence-electron chi connectivity index (χ2n) is 7.62. The number of carboxylic acid groups (broad SMARTS) is 1. The molecule has 0 aliphatic carbocycles.